The molecule has 0 aromatic rings. The van der Waals surface area contributed by atoms with Crippen molar-refractivity contribution >= 4 is 39.5 Å². The highest BCUT2D eigenvalue weighted by Gasteiger charge is 2.30. The maximum atomic E-state index is 13.0. The summed E-state index contributed by atoms with van der Waals surface area (Å²) < 4.78 is 68.4. The fourth-order valence-electron chi connectivity index (χ4n) is 11.3. The van der Waals surface area contributed by atoms with Crippen LogP contribution in [-0.2, 0) is 65.4 Å². The highest BCUT2D eigenvalue weighted by atomic mass is 31.2. The number of phosphoric ester groups is 2. The fourth-order valence-corrected chi connectivity index (χ4v) is 12.9. The maximum absolute atomic E-state index is 13.0. The number of rotatable bonds is 72. The summed E-state index contributed by atoms with van der Waals surface area (Å²) in [6.45, 7) is 14.1. The Kier molecular flexibility index (Phi) is 63.1. The molecule has 0 saturated heterocycles. The first-order valence-corrected chi connectivity index (χ1v) is 41.8. The van der Waals surface area contributed by atoms with Crippen molar-refractivity contribution < 1.29 is 80.2 Å². The Balaban J connectivity index is 5.17. The standard InChI is InChI=1S/C75H146O17P2/c1-9-67(7)53-45-37-28-24-21-22-26-30-42-50-58-75(80)92-71(62-86-73(78)56-48-40-34-32-38-46-54-68(8)10-2)64-90-94(83,84)88-60-69(76)59-87-93(81,82)89-63-70(61-85-72(77)55-47-39-33-31-36-44-52-66(5)6)91-74(79)57-49-41-29-25-20-18-16-14-12-11-13-15-17-19-23-27-35-43-51-65(3)4/h65-71,76H,9-64H2,1-8H3,(H,81,82)(H,83,84)/t67?,68?,69-,70-,71-/m1/s1. The van der Waals surface area contributed by atoms with E-state index in [-0.39, 0.29) is 25.7 Å². The molecule has 0 spiro atoms. The third kappa shape index (κ3) is 66.0. The number of ether oxygens (including phenoxy) is 4. The summed E-state index contributed by atoms with van der Waals surface area (Å²) in [5, 5.41) is 10.6. The zero-order chi connectivity index (χ0) is 69.6. The number of unbranched alkanes of at least 4 members (excludes halogenated alkanes) is 36. The lowest BCUT2D eigenvalue weighted by Crippen LogP contribution is -2.30. The molecule has 0 amide bonds. The van der Waals surface area contributed by atoms with Gasteiger partial charge in [-0.25, -0.2) is 9.13 Å². The molecule has 17 nitrogen and oxygen atoms in total. The van der Waals surface area contributed by atoms with Crippen LogP contribution in [0.4, 0.5) is 0 Å². The van der Waals surface area contributed by atoms with Gasteiger partial charge in [-0.05, 0) is 49.4 Å². The van der Waals surface area contributed by atoms with Gasteiger partial charge in [0.1, 0.15) is 19.3 Å². The molecule has 0 aromatic carbocycles. The minimum atomic E-state index is -4.96. The molecule has 4 unspecified atom stereocenters. The van der Waals surface area contributed by atoms with E-state index in [1.165, 1.54) is 167 Å². The van der Waals surface area contributed by atoms with Gasteiger partial charge in [0.15, 0.2) is 12.2 Å². The van der Waals surface area contributed by atoms with Crippen LogP contribution in [0.1, 0.15) is 376 Å². The zero-order valence-corrected chi connectivity index (χ0v) is 63.4. The fraction of sp³-hybridized carbons (Fsp3) is 0.947. The summed E-state index contributed by atoms with van der Waals surface area (Å²) in [7, 11) is -9.91. The van der Waals surface area contributed by atoms with E-state index in [1.54, 1.807) is 0 Å². The van der Waals surface area contributed by atoms with Crippen molar-refractivity contribution in [2.45, 2.75) is 395 Å². The number of aliphatic hydroxyl groups excluding tert-OH is 1. The van der Waals surface area contributed by atoms with Gasteiger partial charge in [0.05, 0.1) is 26.4 Å². The molecular formula is C75H146O17P2. The molecule has 0 aromatic heterocycles. The topological polar surface area (TPSA) is 237 Å². The number of phosphoric acid groups is 2. The molecule has 3 N–H and O–H groups in total. The van der Waals surface area contributed by atoms with Crippen molar-refractivity contribution in [1.29, 1.82) is 0 Å². The molecular weight excluding hydrogens is 1230 g/mol. The molecule has 0 radical (unpaired) electrons. The van der Waals surface area contributed by atoms with Gasteiger partial charge >= 0.3 is 39.5 Å². The van der Waals surface area contributed by atoms with E-state index in [9.17, 15) is 43.2 Å². The van der Waals surface area contributed by atoms with Crippen LogP contribution in [0, 0.1) is 23.7 Å². The Labute approximate surface area is 575 Å². The van der Waals surface area contributed by atoms with Crippen molar-refractivity contribution in [3.63, 3.8) is 0 Å². The summed E-state index contributed by atoms with van der Waals surface area (Å²) >= 11 is 0. The lowest BCUT2D eigenvalue weighted by Gasteiger charge is -2.21. The summed E-state index contributed by atoms with van der Waals surface area (Å²) in [6, 6.07) is 0. The lowest BCUT2D eigenvalue weighted by molar-refractivity contribution is -0.161. The Bertz CT molecular complexity index is 1850. The van der Waals surface area contributed by atoms with Gasteiger partial charge in [-0.2, -0.15) is 0 Å². The van der Waals surface area contributed by atoms with E-state index in [1.807, 2.05) is 0 Å². The van der Waals surface area contributed by atoms with Gasteiger partial charge in [0, 0.05) is 25.7 Å². The van der Waals surface area contributed by atoms with E-state index in [4.69, 9.17) is 37.0 Å². The Morgan fingerprint density at radius 2 is 0.511 bits per heavy atom. The predicted octanol–water partition coefficient (Wildman–Crippen LogP) is 21.7. The number of carbonyl (C=O) groups excluding carboxylic acids is 4. The van der Waals surface area contributed by atoms with Gasteiger partial charge in [0.2, 0.25) is 0 Å². The van der Waals surface area contributed by atoms with Gasteiger partial charge in [-0.1, -0.05) is 325 Å². The van der Waals surface area contributed by atoms with Gasteiger partial charge in [0.25, 0.3) is 0 Å². The monoisotopic (exact) mass is 1380 g/mol. The summed E-state index contributed by atoms with van der Waals surface area (Å²) in [4.78, 5) is 72.7. The average Bonchev–Trinajstić information content (AvgIpc) is 1.62. The number of carbonyl (C=O) groups is 4. The Morgan fingerprint density at radius 1 is 0.298 bits per heavy atom. The van der Waals surface area contributed by atoms with E-state index < -0.39 is 97.5 Å². The molecule has 19 heteroatoms. The molecule has 0 aliphatic carbocycles. The second-order valence-electron chi connectivity index (χ2n) is 28.5. The molecule has 558 valence electrons. The highest BCUT2D eigenvalue weighted by Crippen LogP contribution is 2.45. The molecule has 0 rings (SSSR count). The number of aliphatic hydroxyl groups is 1. The van der Waals surface area contributed by atoms with Crippen molar-refractivity contribution in [3.8, 4) is 0 Å². The Hall–Kier alpha value is -1.94. The minimum Gasteiger partial charge on any atom is -0.462 e. The van der Waals surface area contributed by atoms with E-state index >= 15 is 0 Å². The van der Waals surface area contributed by atoms with E-state index in [0.29, 0.717) is 31.6 Å². The summed E-state index contributed by atoms with van der Waals surface area (Å²) in [5.74, 6) is 0.907. The minimum absolute atomic E-state index is 0.105. The van der Waals surface area contributed by atoms with E-state index in [0.717, 1.165) is 120 Å². The van der Waals surface area contributed by atoms with Gasteiger partial charge in [-0.3, -0.25) is 37.3 Å². The van der Waals surface area contributed by atoms with Crippen LogP contribution in [0.3, 0.4) is 0 Å². The first-order chi connectivity index (χ1) is 45.2. The summed E-state index contributed by atoms with van der Waals surface area (Å²) in [5.41, 5.74) is 0. The van der Waals surface area contributed by atoms with Crippen LogP contribution in [0.2, 0.25) is 0 Å². The second kappa shape index (κ2) is 64.4. The normalized spacial score (nSPS) is 14.7. The largest absolute Gasteiger partial charge is 0.472 e. The average molecular weight is 1380 g/mol. The highest BCUT2D eigenvalue weighted by molar-refractivity contribution is 7.47. The van der Waals surface area contributed by atoms with Gasteiger partial charge < -0.3 is 33.8 Å². The number of hydrogen-bond donors (Lipinski definition) is 3. The van der Waals surface area contributed by atoms with E-state index in [2.05, 4.69) is 55.4 Å². The van der Waals surface area contributed by atoms with Crippen molar-refractivity contribution in [1.82, 2.24) is 0 Å². The molecule has 7 atom stereocenters. The molecule has 94 heavy (non-hydrogen) atoms. The van der Waals surface area contributed by atoms with Gasteiger partial charge in [-0.15, -0.1) is 0 Å². The van der Waals surface area contributed by atoms with Crippen molar-refractivity contribution in [2.75, 3.05) is 39.6 Å². The molecule has 0 aliphatic rings. The first-order valence-electron chi connectivity index (χ1n) is 38.8. The number of esters is 4. The molecule has 0 aliphatic heterocycles. The zero-order valence-electron chi connectivity index (χ0n) is 61.6. The molecule has 0 bridgehead atoms. The van der Waals surface area contributed by atoms with Crippen molar-refractivity contribution in [2.24, 2.45) is 23.7 Å². The van der Waals surface area contributed by atoms with Crippen LogP contribution in [0.15, 0.2) is 0 Å². The smallest absolute Gasteiger partial charge is 0.462 e. The molecule has 0 heterocycles. The van der Waals surface area contributed by atoms with Crippen LogP contribution in [-0.4, -0.2) is 96.7 Å². The quantitative estimate of drug-likeness (QED) is 0.0222. The maximum Gasteiger partial charge on any atom is 0.472 e. The van der Waals surface area contributed by atoms with Crippen LogP contribution in [0.5, 0.6) is 0 Å². The third-order valence-corrected chi connectivity index (χ3v) is 19.9. The predicted molar refractivity (Wildman–Crippen MR) is 381 cm³/mol. The third-order valence-electron chi connectivity index (χ3n) is 18.0. The Morgan fingerprint density at radius 3 is 0.755 bits per heavy atom. The first kappa shape index (κ1) is 92.1. The molecule has 0 fully saturated rings. The van der Waals surface area contributed by atoms with Crippen LogP contribution < -0.4 is 0 Å². The second-order valence-corrected chi connectivity index (χ2v) is 31.4. The number of hydrogen-bond acceptors (Lipinski definition) is 15. The summed E-state index contributed by atoms with van der Waals surface area (Å²) in [6.07, 6.45) is 48.8. The molecule has 0 saturated carbocycles. The van der Waals surface area contributed by atoms with Crippen molar-refractivity contribution in [3.05, 3.63) is 0 Å². The lowest BCUT2D eigenvalue weighted by atomic mass is 9.99. The SMILES string of the molecule is CCC(C)CCCCCCCCCCCCC(=O)O[C@H](COC(=O)CCCCCCCCC(C)CC)COP(=O)(O)OC[C@H](O)COP(=O)(O)OC[C@@H](COC(=O)CCCCCCCCC(C)C)OC(=O)CCCCCCCCCCCCCCCCCCCCC(C)C. The van der Waals surface area contributed by atoms with Crippen LogP contribution >= 0.6 is 15.6 Å². The van der Waals surface area contributed by atoms with Crippen LogP contribution in [0.25, 0.3) is 0 Å².